The second-order valence-electron chi connectivity index (χ2n) is 9.82. The summed E-state index contributed by atoms with van der Waals surface area (Å²) in [4.78, 5) is 27.6. The molecule has 0 atom stereocenters. The second kappa shape index (κ2) is 12.5. The topological polar surface area (TPSA) is 76.7 Å². The van der Waals surface area contributed by atoms with Crippen molar-refractivity contribution in [3.8, 4) is 11.5 Å². The molecule has 0 unspecified atom stereocenters. The van der Waals surface area contributed by atoms with E-state index in [1.54, 1.807) is 24.3 Å². The van der Waals surface area contributed by atoms with E-state index in [2.05, 4.69) is 24.5 Å². The molecule has 2 N–H and O–H groups in total. The Labute approximate surface area is 235 Å². The van der Waals surface area contributed by atoms with E-state index in [0.29, 0.717) is 46.8 Å². The number of unbranched alkanes of at least 4 members (excludes halogenated alkanes) is 2. The summed E-state index contributed by atoms with van der Waals surface area (Å²) in [6.45, 7) is 5.61. The smallest absolute Gasteiger partial charge is 0.198 e. The number of carbonyl (C=O) groups is 2. The molecule has 0 aromatic heterocycles. The molecule has 0 aliphatic heterocycles. The third-order valence-corrected chi connectivity index (χ3v) is 6.87. The fourth-order valence-corrected chi connectivity index (χ4v) is 4.70. The number of benzene rings is 4. The maximum Gasteiger partial charge on any atom is 0.198 e. The molecule has 40 heavy (non-hydrogen) atoms. The molecule has 0 saturated heterocycles. The van der Waals surface area contributed by atoms with Crippen LogP contribution in [0.3, 0.4) is 0 Å². The van der Waals surface area contributed by atoms with Crippen LogP contribution in [0.5, 0.6) is 11.5 Å². The number of hydrogen-bond donors (Lipinski definition) is 2. The van der Waals surface area contributed by atoms with Crippen LogP contribution < -0.4 is 20.1 Å². The molecule has 4 aromatic rings. The molecule has 0 amide bonds. The fraction of sp³-hybridized carbons (Fsp3) is 0.235. The highest BCUT2D eigenvalue weighted by Gasteiger charge is 2.33. The van der Waals surface area contributed by atoms with Gasteiger partial charge in [0.2, 0.25) is 0 Å². The summed E-state index contributed by atoms with van der Waals surface area (Å²) in [5.74, 6) is 1.22. The van der Waals surface area contributed by atoms with Crippen molar-refractivity contribution in [3.05, 3.63) is 107 Å². The maximum absolute atomic E-state index is 14.0. The van der Waals surface area contributed by atoms with E-state index in [9.17, 15) is 9.59 Å². The van der Waals surface area contributed by atoms with Crippen LogP contribution in [0.25, 0.3) is 0 Å². The molecule has 0 saturated carbocycles. The van der Waals surface area contributed by atoms with Crippen molar-refractivity contribution in [2.45, 2.75) is 39.5 Å². The average molecular weight is 535 g/mol. The van der Waals surface area contributed by atoms with Crippen molar-refractivity contribution in [3.63, 3.8) is 0 Å². The number of hydrogen-bond acceptors (Lipinski definition) is 6. The van der Waals surface area contributed by atoms with Crippen LogP contribution in [0.15, 0.2) is 84.9 Å². The van der Waals surface area contributed by atoms with E-state index < -0.39 is 0 Å². The van der Waals surface area contributed by atoms with Crippen molar-refractivity contribution in [2.24, 2.45) is 0 Å². The summed E-state index contributed by atoms with van der Waals surface area (Å²) >= 11 is 0. The van der Waals surface area contributed by atoms with Crippen molar-refractivity contribution in [1.82, 2.24) is 0 Å². The molecule has 5 rings (SSSR count). The number of ketones is 2. The van der Waals surface area contributed by atoms with Gasteiger partial charge in [0.15, 0.2) is 11.6 Å². The van der Waals surface area contributed by atoms with Gasteiger partial charge >= 0.3 is 0 Å². The van der Waals surface area contributed by atoms with E-state index in [1.165, 1.54) is 0 Å². The Morgan fingerprint density at radius 3 is 1.38 bits per heavy atom. The van der Waals surface area contributed by atoms with Gasteiger partial charge in [-0.3, -0.25) is 9.59 Å². The molecule has 204 valence electrons. The first-order valence-electron chi connectivity index (χ1n) is 13.9. The maximum atomic E-state index is 14.0. The van der Waals surface area contributed by atoms with Gasteiger partial charge in [-0.2, -0.15) is 0 Å². The van der Waals surface area contributed by atoms with Gasteiger partial charge in [0.1, 0.15) is 11.5 Å². The molecule has 0 spiro atoms. The van der Waals surface area contributed by atoms with Crippen molar-refractivity contribution in [2.75, 3.05) is 23.8 Å². The predicted octanol–water partition coefficient (Wildman–Crippen LogP) is 8.31. The molecule has 1 aliphatic carbocycles. The summed E-state index contributed by atoms with van der Waals surface area (Å²) in [5.41, 5.74) is 4.31. The van der Waals surface area contributed by atoms with Crippen LogP contribution >= 0.6 is 0 Å². The molecule has 0 fully saturated rings. The zero-order chi connectivity index (χ0) is 27.9. The third kappa shape index (κ3) is 5.86. The highest BCUT2D eigenvalue weighted by molar-refractivity contribution is 6.32. The van der Waals surface area contributed by atoms with Gasteiger partial charge in [-0.15, -0.1) is 0 Å². The van der Waals surface area contributed by atoms with E-state index in [1.807, 2.05) is 60.7 Å². The summed E-state index contributed by atoms with van der Waals surface area (Å²) < 4.78 is 11.5. The minimum Gasteiger partial charge on any atom is -0.494 e. The molecule has 0 radical (unpaired) electrons. The summed E-state index contributed by atoms with van der Waals surface area (Å²) in [5, 5.41) is 6.68. The predicted molar refractivity (Wildman–Crippen MR) is 160 cm³/mol. The molecule has 0 heterocycles. The first-order valence-corrected chi connectivity index (χ1v) is 13.9. The van der Waals surface area contributed by atoms with E-state index in [4.69, 9.17) is 9.47 Å². The van der Waals surface area contributed by atoms with Gasteiger partial charge < -0.3 is 20.1 Å². The lowest BCUT2D eigenvalue weighted by atomic mass is 9.82. The number of ether oxygens (including phenoxy) is 2. The SMILES string of the molecule is CCCCOc1ccc(Nc2cccc3c2C(=O)c2c(Nc4ccc(OCCCC)cc4)cccc2C3=O)cc1. The van der Waals surface area contributed by atoms with Crippen molar-refractivity contribution < 1.29 is 19.1 Å². The Hall–Kier alpha value is -4.58. The standard InChI is InChI=1S/C34H34N2O4/c1-3-5-21-39-25-17-13-23(14-18-25)35-29-11-7-9-27-31(29)34(38)32-28(33(27)37)10-8-12-30(32)36-24-15-19-26(20-16-24)40-22-6-4-2/h7-20,35-36H,3-6,21-22H2,1-2H3. The molecule has 0 bridgehead atoms. The van der Waals surface area contributed by atoms with E-state index >= 15 is 0 Å². The lowest BCUT2D eigenvalue weighted by Crippen LogP contribution is -2.23. The Kier molecular flexibility index (Phi) is 8.45. The van der Waals surface area contributed by atoms with Crippen molar-refractivity contribution in [1.29, 1.82) is 0 Å². The van der Waals surface area contributed by atoms with Crippen LogP contribution in [0, 0.1) is 0 Å². The van der Waals surface area contributed by atoms with E-state index in [0.717, 1.165) is 48.6 Å². The van der Waals surface area contributed by atoms with E-state index in [-0.39, 0.29) is 11.6 Å². The highest BCUT2D eigenvalue weighted by atomic mass is 16.5. The molecule has 6 nitrogen and oxygen atoms in total. The Morgan fingerprint density at radius 2 is 0.975 bits per heavy atom. The molecular weight excluding hydrogens is 500 g/mol. The average Bonchev–Trinajstić information content (AvgIpc) is 2.98. The molecule has 1 aliphatic rings. The van der Waals surface area contributed by atoms with Gasteiger partial charge in [-0.1, -0.05) is 51.0 Å². The second-order valence-corrected chi connectivity index (χ2v) is 9.82. The number of nitrogens with one attached hydrogen (secondary N) is 2. The third-order valence-electron chi connectivity index (χ3n) is 6.87. The van der Waals surface area contributed by atoms with Crippen LogP contribution in [-0.2, 0) is 0 Å². The number of rotatable bonds is 12. The highest BCUT2D eigenvalue weighted by Crippen LogP contribution is 2.37. The number of carbonyl (C=O) groups excluding carboxylic acids is 2. The van der Waals surface area contributed by atoms with Gasteiger partial charge in [0, 0.05) is 22.5 Å². The van der Waals surface area contributed by atoms with Crippen LogP contribution in [-0.4, -0.2) is 24.8 Å². The van der Waals surface area contributed by atoms with Crippen LogP contribution in [0.1, 0.15) is 71.4 Å². The monoisotopic (exact) mass is 534 g/mol. The first kappa shape index (κ1) is 27.0. The zero-order valence-electron chi connectivity index (χ0n) is 23.0. The van der Waals surface area contributed by atoms with Gasteiger partial charge in [-0.25, -0.2) is 0 Å². The minimum absolute atomic E-state index is 0.170. The lowest BCUT2D eigenvalue weighted by Gasteiger charge is -2.23. The summed E-state index contributed by atoms with van der Waals surface area (Å²) in [6, 6.07) is 25.9. The quantitative estimate of drug-likeness (QED) is 0.157. The molecule has 6 heteroatoms. The Morgan fingerprint density at radius 1 is 0.550 bits per heavy atom. The Bertz CT molecular complexity index is 1380. The first-order chi connectivity index (χ1) is 19.6. The van der Waals surface area contributed by atoms with Crippen LogP contribution in [0.4, 0.5) is 22.7 Å². The van der Waals surface area contributed by atoms with Crippen LogP contribution in [0.2, 0.25) is 0 Å². The fourth-order valence-electron chi connectivity index (χ4n) is 4.70. The molecular formula is C34H34N2O4. The number of fused-ring (bicyclic) bond motifs is 2. The largest absolute Gasteiger partial charge is 0.494 e. The summed E-state index contributed by atoms with van der Waals surface area (Å²) in [6.07, 6.45) is 4.16. The Balaban J connectivity index is 1.40. The lowest BCUT2D eigenvalue weighted by molar-refractivity contribution is 0.0980. The summed E-state index contributed by atoms with van der Waals surface area (Å²) in [7, 11) is 0. The number of anilines is 4. The van der Waals surface area contributed by atoms with Gasteiger partial charge in [-0.05, 0) is 73.5 Å². The van der Waals surface area contributed by atoms with Gasteiger partial charge in [0.05, 0.1) is 35.7 Å². The van der Waals surface area contributed by atoms with Crippen molar-refractivity contribution >= 4 is 34.3 Å². The zero-order valence-corrected chi connectivity index (χ0v) is 23.0. The van der Waals surface area contributed by atoms with Gasteiger partial charge in [0.25, 0.3) is 0 Å². The minimum atomic E-state index is -0.199. The normalized spacial score (nSPS) is 11.9. The molecule has 4 aromatic carbocycles.